The summed E-state index contributed by atoms with van der Waals surface area (Å²) in [6.07, 6.45) is 3.50. The predicted molar refractivity (Wildman–Crippen MR) is 81.1 cm³/mol. The summed E-state index contributed by atoms with van der Waals surface area (Å²) in [6, 6.07) is 11.7. The van der Waals surface area contributed by atoms with E-state index >= 15 is 0 Å². The number of ether oxygens (including phenoxy) is 1. The van der Waals surface area contributed by atoms with E-state index in [2.05, 4.69) is 16.4 Å². The van der Waals surface area contributed by atoms with Crippen LogP contribution in [0.2, 0.25) is 0 Å². The first-order valence-corrected chi connectivity index (χ1v) is 7.02. The molecule has 20 heavy (non-hydrogen) atoms. The van der Waals surface area contributed by atoms with Crippen molar-refractivity contribution in [1.82, 2.24) is 4.98 Å². The van der Waals surface area contributed by atoms with E-state index in [-0.39, 0.29) is 0 Å². The van der Waals surface area contributed by atoms with E-state index in [4.69, 9.17) is 10.5 Å². The summed E-state index contributed by atoms with van der Waals surface area (Å²) in [5.74, 6) is 1.73. The van der Waals surface area contributed by atoms with Crippen LogP contribution in [-0.2, 0) is 12.8 Å². The van der Waals surface area contributed by atoms with Crippen LogP contribution in [0.15, 0.2) is 36.4 Å². The van der Waals surface area contributed by atoms with Crippen LogP contribution in [0.25, 0.3) is 0 Å². The number of nitrogen functional groups attached to an aromatic ring is 1. The van der Waals surface area contributed by atoms with Gasteiger partial charge in [0, 0.05) is 17.4 Å². The molecule has 0 saturated heterocycles. The molecule has 2 aromatic rings. The molecule has 0 spiro atoms. The number of aromatic nitrogens is 1. The van der Waals surface area contributed by atoms with Gasteiger partial charge >= 0.3 is 0 Å². The Balaban J connectivity index is 1.48. The van der Waals surface area contributed by atoms with Gasteiger partial charge in [-0.2, -0.15) is 0 Å². The van der Waals surface area contributed by atoms with E-state index in [1.165, 1.54) is 24.1 Å². The van der Waals surface area contributed by atoms with Crippen molar-refractivity contribution in [1.29, 1.82) is 0 Å². The monoisotopic (exact) mass is 269 g/mol. The zero-order valence-corrected chi connectivity index (χ0v) is 11.4. The molecule has 0 fully saturated rings. The molecule has 0 bridgehead atoms. The number of pyridine rings is 1. The summed E-state index contributed by atoms with van der Waals surface area (Å²) in [7, 11) is 0. The molecule has 1 heterocycles. The number of anilines is 2. The Hall–Kier alpha value is -2.23. The van der Waals surface area contributed by atoms with Crippen LogP contribution >= 0.6 is 0 Å². The SMILES string of the molecule is Nc1cccc(OCCNc2ccc3c(n2)CCC3)c1. The molecule has 3 rings (SSSR count). The van der Waals surface area contributed by atoms with Crippen LogP contribution in [-0.4, -0.2) is 18.1 Å². The number of nitrogens with zero attached hydrogens (tertiary/aromatic N) is 1. The van der Waals surface area contributed by atoms with Gasteiger partial charge in [-0.1, -0.05) is 12.1 Å². The minimum atomic E-state index is 0.586. The lowest BCUT2D eigenvalue weighted by Crippen LogP contribution is -2.12. The zero-order chi connectivity index (χ0) is 13.8. The van der Waals surface area contributed by atoms with Gasteiger partial charge in [0.05, 0.1) is 6.54 Å². The quantitative estimate of drug-likeness (QED) is 0.647. The van der Waals surface area contributed by atoms with Gasteiger partial charge in [0.1, 0.15) is 18.2 Å². The molecule has 0 radical (unpaired) electrons. The average Bonchev–Trinajstić information content (AvgIpc) is 2.91. The molecule has 0 unspecified atom stereocenters. The highest BCUT2D eigenvalue weighted by atomic mass is 16.5. The Labute approximate surface area is 119 Å². The third kappa shape index (κ3) is 3.02. The van der Waals surface area contributed by atoms with Crippen molar-refractivity contribution in [2.45, 2.75) is 19.3 Å². The summed E-state index contributed by atoms with van der Waals surface area (Å²) in [5, 5.41) is 3.29. The van der Waals surface area contributed by atoms with Crippen LogP contribution in [0.1, 0.15) is 17.7 Å². The van der Waals surface area contributed by atoms with Crippen molar-refractivity contribution in [3.05, 3.63) is 47.7 Å². The maximum Gasteiger partial charge on any atom is 0.126 e. The second kappa shape index (κ2) is 5.82. The first-order chi connectivity index (χ1) is 9.81. The second-order valence-electron chi connectivity index (χ2n) is 5.00. The first kappa shape index (κ1) is 12.8. The van der Waals surface area contributed by atoms with Gasteiger partial charge in [-0.25, -0.2) is 4.98 Å². The average molecular weight is 269 g/mol. The van der Waals surface area contributed by atoms with Crippen LogP contribution in [0, 0.1) is 0 Å². The summed E-state index contributed by atoms with van der Waals surface area (Å²) < 4.78 is 5.63. The molecule has 1 aromatic heterocycles. The van der Waals surface area contributed by atoms with E-state index < -0.39 is 0 Å². The van der Waals surface area contributed by atoms with Gasteiger partial charge in [0.25, 0.3) is 0 Å². The number of aryl methyl sites for hydroxylation is 2. The topological polar surface area (TPSA) is 60.2 Å². The number of benzene rings is 1. The van der Waals surface area contributed by atoms with Crippen LogP contribution < -0.4 is 15.8 Å². The lowest BCUT2D eigenvalue weighted by molar-refractivity contribution is 0.333. The summed E-state index contributed by atoms with van der Waals surface area (Å²) in [4.78, 5) is 4.63. The van der Waals surface area contributed by atoms with Gasteiger partial charge in [-0.05, 0) is 43.0 Å². The molecular weight excluding hydrogens is 250 g/mol. The minimum Gasteiger partial charge on any atom is -0.492 e. The number of nitrogens with one attached hydrogen (secondary N) is 1. The van der Waals surface area contributed by atoms with Gasteiger partial charge in [0.2, 0.25) is 0 Å². The fraction of sp³-hybridized carbons (Fsp3) is 0.312. The fourth-order valence-electron chi connectivity index (χ4n) is 2.47. The maximum atomic E-state index is 5.70. The Morgan fingerprint density at radius 2 is 2.15 bits per heavy atom. The van der Waals surface area contributed by atoms with Gasteiger partial charge in [-0.15, -0.1) is 0 Å². The number of nitrogens with two attached hydrogens (primary N) is 1. The van der Waals surface area contributed by atoms with Gasteiger partial charge in [0.15, 0.2) is 0 Å². The van der Waals surface area contributed by atoms with E-state index in [1.54, 1.807) is 0 Å². The van der Waals surface area contributed by atoms with Crippen molar-refractivity contribution in [2.75, 3.05) is 24.2 Å². The highest BCUT2D eigenvalue weighted by Crippen LogP contribution is 2.21. The normalized spacial score (nSPS) is 13.0. The molecule has 4 nitrogen and oxygen atoms in total. The first-order valence-electron chi connectivity index (χ1n) is 7.02. The lowest BCUT2D eigenvalue weighted by atomic mass is 10.2. The third-order valence-electron chi connectivity index (χ3n) is 3.46. The Kier molecular flexibility index (Phi) is 3.72. The minimum absolute atomic E-state index is 0.586. The maximum absolute atomic E-state index is 5.70. The Morgan fingerprint density at radius 1 is 1.20 bits per heavy atom. The summed E-state index contributed by atoms with van der Waals surface area (Å²) >= 11 is 0. The Morgan fingerprint density at radius 3 is 3.05 bits per heavy atom. The smallest absolute Gasteiger partial charge is 0.126 e. The standard InChI is InChI=1S/C16H19N3O/c17-13-4-2-5-14(11-13)20-10-9-18-16-8-7-12-3-1-6-15(12)19-16/h2,4-5,7-8,11H,1,3,6,9-10,17H2,(H,18,19). The van der Waals surface area contributed by atoms with Crippen molar-refractivity contribution in [3.8, 4) is 5.75 Å². The fourth-order valence-corrected chi connectivity index (χ4v) is 2.47. The molecule has 1 aromatic carbocycles. The molecule has 104 valence electrons. The largest absolute Gasteiger partial charge is 0.492 e. The molecular formula is C16H19N3O. The number of hydrogen-bond donors (Lipinski definition) is 2. The molecule has 4 heteroatoms. The van der Waals surface area contributed by atoms with Gasteiger partial charge in [-0.3, -0.25) is 0 Å². The lowest BCUT2D eigenvalue weighted by Gasteiger charge is -2.09. The zero-order valence-electron chi connectivity index (χ0n) is 11.4. The molecule has 0 aliphatic heterocycles. The molecule has 1 aliphatic rings. The predicted octanol–water partition coefficient (Wildman–Crippen LogP) is 2.64. The number of rotatable bonds is 5. The van der Waals surface area contributed by atoms with E-state index in [0.29, 0.717) is 6.61 Å². The second-order valence-corrected chi connectivity index (χ2v) is 5.00. The molecule has 3 N–H and O–H groups in total. The van der Waals surface area contributed by atoms with Gasteiger partial charge < -0.3 is 15.8 Å². The third-order valence-corrected chi connectivity index (χ3v) is 3.46. The molecule has 0 atom stereocenters. The van der Waals surface area contributed by atoms with Crippen molar-refractivity contribution >= 4 is 11.5 Å². The Bertz CT molecular complexity index is 598. The highest BCUT2D eigenvalue weighted by molar-refractivity contribution is 5.43. The number of hydrogen-bond acceptors (Lipinski definition) is 4. The molecule has 0 amide bonds. The van der Waals surface area contributed by atoms with Crippen molar-refractivity contribution < 1.29 is 4.74 Å². The van der Waals surface area contributed by atoms with Crippen LogP contribution in [0.5, 0.6) is 5.75 Å². The van der Waals surface area contributed by atoms with E-state index in [0.717, 1.165) is 30.2 Å². The van der Waals surface area contributed by atoms with E-state index in [9.17, 15) is 0 Å². The molecule has 1 aliphatic carbocycles. The van der Waals surface area contributed by atoms with E-state index in [1.807, 2.05) is 30.3 Å². The summed E-state index contributed by atoms with van der Waals surface area (Å²) in [5.41, 5.74) is 9.06. The molecule has 0 saturated carbocycles. The van der Waals surface area contributed by atoms with Crippen molar-refractivity contribution in [3.63, 3.8) is 0 Å². The number of fused-ring (bicyclic) bond motifs is 1. The van der Waals surface area contributed by atoms with Crippen LogP contribution in [0.3, 0.4) is 0 Å². The van der Waals surface area contributed by atoms with Crippen LogP contribution in [0.4, 0.5) is 11.5 Å². The van der Waals surface area contributed by atoms with Crippen molar-refractivity contribution in [2.24, 2.45) is 0 Å². The summed E-state index contributed by atoms with van der Waals surface area (Å²) in [6.45, 7) is 1.31. The highest BCUT2D eigenvalue weighted by Gasteiger charge is 2.11.